The number of likely N-dealkylation sites (N-methyl/N-ethyl adjacent to an activating group) is 2. The lowest BCUT2D eigenvalue weighted by Crippen LogP contribution is -2.53. The van der Waals surface area contributed by atoms with Gasteiger partial charge in [-0.1, -0.05) is 18.2 Å². The predicted octanol–water partition coefficient (Wildman–Crippen LogP) is 1.65. The van der Waals surface area contributed by atoms with E-state index >= 15 is 0 Å². The summed E-state index contributed by atoms with van der Waals surface area (Å²) in [6, 6.07) is 9.61. The lowest BCUT2D eigenvalue weighted by molar-refractivity contribution is 0.112. The number of rotatable bonds is 5. The topological polar surface area (TPSA) is 21.8 Å². The van der Waals surface area contributed by atoms with Gasteiger partial charge in [-0.3, -0.25) is 4.90 Å². The van der Waals surface area contributed by atoms with Crippen LogP contribution in [0.15, 0.2) is 24.3 Å². The van der Waals surface area contributed by atoms with Gasteiger partial charge >= 0.3 is 0 Å². The molecule has 1 aromatic carbocycles. The summed E-state index contributed by atoms with van der Waals surface area (Å²) in [6.07, 6.45) is 0. The van der Waals surface area contributed by atoms with Gasteiger partial charge in [0.15, 0.2) is 0 Å². The van der Waals surface area contributed by atoms with Crippen LogP contribution in [0.5, 0.6) is 0 Å². The van der Waals surface area contributed by atoms with Crippen molar-refractivity contribution >= 4 is 5.69 Å². The molecule has 2 rings (SSSR count). The summed E-state index contributed by atoms with van der Waals surface area (Å²) < 4.78 is 0. The Kier molecular flexibility index (Phi) is 5.62. The number of nitrogens with zero attached hydrogens (tertiary/aromatic N) is 3. The van der Waals surface area contributed by atoms with Gasteiger partial charge in [0.2, 0.25) is 0 Å². The van der Waals surface area contributed by atoms with Crippen molar-refractivity contribution in [3.63, 3.8) is 0 Å². The molecule has 1 N–H and O–H groups in total. The van der Waals surface area contributed by atoms with Crippen LogP contribution in [-0.4, -0.2) is 70.2 Å². The van der Waals surface area contributed by atoms with E-state index in [4.69, 9.17) is 0 Å². The quantitative estimate of drug-likeness (QED) is 0.890. The zero-order valence-electron chi connectivity index (χ0n) is 14.1. The van der Waals surface area contributed by atoms with E-state index < -0.39 is 0 Å². The Bertz CT molecular complexity index is 446. The zero-order chi connectivity index (χ0) is 15.4. The monoisotopic (exact) mass is 290 g/mol. The molecule has 4 heteroatoms. The third-order valence-electron chi connectivity index (χ3n) is 4.52. The highest BCUT2D eigenvalue weighted by atomic mass is 15.3. The summed E-state index contributed by atoms with van der Waals surface area (Å²) in [5.74, 6) is 0. The molecular formula is C17H30N4. The zero-order valence-corrected chi connectivity index (χ0v) is 14.1. The van der Waals surface area contributed by atoms with Crippen molar-refractivity contribution < 1.29 is 0 Å². The van der Waals surface area contributed by atoms with E-state index in [0.29, 0.717) is 12.1 Å². The maximum atomic E-state index is 3.72. The standard InChI is InChI=1S/C17H30N4/c1-14(16-8-6-7-9-17(16)19(2)3)18-12-15-13-20(4)10-11-21(15)5/h6-9,14-15,18H,10-13H2,1-5H3/t14-,15-/m0/s1. The molecule has 0 spiro atoms. The summed E-state index contributed by atoms with van der Waals surface area (Å²) >= 11 is 0. The molecule has 0 aliphatic carbocycles. The number of piperazine rings is 1. The second-order valence-electron chi connectivity index (χ2n) is 6.48. The molecule has 118 valence electrons. The van der Waals surface area contributed by atoms with Crippen LogP contribution in [0.1, 0.15) is 18.5 Å². The summed E-state index contributed by atoms with van der Waals surface area (Å²) in [5, 5.41) is 3.72. The van der Waals surface area contributed by atoms with E-state index in [1.165, 1.54) is 17.8 Å². The first-order valence-corrected chi connectivity index (χ1v) is 7.87. The number of nitrogens with one attached hydrogen (secondary N) is 1. The van der Waals surface area contributed by atoms with Crippen molar-refractivity contribution in [1.82, 2.24) is 15.1 Å². The van der Waals surface area contributed by atoms with Crippen LogP contribution in [-0.2, 0) is 0 Å². The highest BCUT2D eigenvalue weighted by molar-refractivity contribution is 5.53. The molecule has 0 aromatic heterocycles. The van der Waals surface area contributed by atoms with Crippen LogP contribution in [0.4, 0.5) is 5.69 Å². The normalized spacial score (nSPS) is 22.2. The number of benzene rings is 1. The van der Waals surface area contributed by atoms with Crippen LogP contribution in [0, 0.1) is 0 Å². The van der Waals surface area contributed by atoms with Gasteiger partial charge in [0, 0.05) is 58.0 Å². The number of hydrogen-bond acceptors (Lipinski definition) is 4. The van der Waals surface area contributed by atoms with Gasteiger partial charge in [-0.2, -0.15) is 0 Å². The molecular weight excluding hydrogens is 260 g/mol. The number of anilines is 1. The van der Waals surface area contributed by atoms with Crippen molar-refractivity contribution in [2.75, 3.05) is 59.3 Å². The minimum atomic E-state index is 0.365. The Morgan fingerprint density at radius 1 is 1.24 bits per heavy atom. The van der Waals surface area contributed by atoms with Crippen LogP contribution >= 0.6 is 0 Å². The Hall–Kier alpha value is -1.10. The molecule has 1 aromatic rings. The minimum absolute atomic E-state index is 0.365. The largest absolute Gasteiger partial charge is 0.377 e. The minimum Gasteiger partial charge on any atom is -0.377 e. The van der Waals surface area contributed by atoms with Crippen LogP contribution in [0.3, 0.4) is 0 Å². The predicted molar refractivity (Wildman–Crippen MR) is 91.1 cm³/mol. The molecule has 2 atom stereocenters. The molecule has 1 fully saturated rings. The molecule has 1 heterocycles. The molecule has 0 bridgehead atoms. The van der Waals surface area contributed by atoms with Gasteiger partial charge in [0.25, 0.3) is 0 Å². The second kappa shape index (κ2) is 7.25. The number of para-hydroxylation sites is 1. The second-order valence-corrected chi connectivity index (χ2v) is 6.48. The molecule has 1 saturated heterocycles. The molecule has 1 aliphatic heterocycles. The maximum absolute atomic E-state index is 3.72. The van der Waals surface area contributed by atoms with E-state index in [9.17, 15) is 0 Å². The fourth-order valence-electron chi connectivity index (χ4n) is 3.01. The van der Waals surface area contributed by atoms with Gasteiger partial charge in [0.1, 0.15) is 0 Å². The van der Waals surface area contributed by atoms with Crippen molar-refractivity contribution in [2.45, 2.75) is 19.0 Å². The van der Waals surface area contributed by atoms with Crippen LogP contribution in [0.2, 0.25) is 0 Å². The summed E-state index contributed by atoms with van der Waals surface area (Å²) in [5.41, 5.74) is 2.67. The van der Waals surface area contributed by atoms with Crippen molar-refractivity contribution in [3.8, 4) is 0 Å². The number of hydrogen-bond donors (Lipinski definition) is 1. The van der Waals surface area contributed by atoms with Gasteiger partial charge in [-0.05, 0) is 32.6 Å². The van der Waals surface area contributed by atoms with E-state index in [1.807, 2.05) is 0 Å². The summed E-state index contributed by atoms with van der Waals surface area (Å²) in [4.78, 5) is 7.08. The van der Waals surface area contributed by atoms with E-state index in [-0.39, 0.29) is 0 Å². The van der Waals surface area contributed by atoms with E-state index in [2.05, 4.69) is 79.4 Å². The van der Waals surface area contributed by atoms with Crippen LogP contribution < -0.4 is 10.2 Å². The molecule has 0 saturated carbocycles. The van der Waals surface area contributed by atoms with Gasteiger partial charge in [-0.15, -0.1) is 0 Å². The molecule has 4 nitrogen and oxygen atoms in total. The Labute approximate surface area is 129 Å². The first-order chi connectivity index (χ1) is 9.99. The van der Waals surface area contributed by atoms with Gasteiger partial charge in [-0.25, -0.2) is 0 Å². The van der Waals surface area contributed by atoms with Crippen molar-refractivity contribution in [2.24, 2.45) is 0 Å². The van der Waals surface area contributed by atoms with E-state index in [1.54, 1.807) is 0 Å². The van der Waals surface area contributed by atoms with Gasteiger partial charge < -0.3 is 15.1 Å². The fraction of sp³-hybridized carbons (Fsp3) is 0.647. The third-order valence-corrected chi connectivity index (χ3v) is 4.52. The third kappa shape index (κ3) is 4.19. The smallest absolute Gasteiger partial charge is 0.0409 e. The fourth-order valence-corrected chi connectivity index (χ4v) is 3.01. The Morgan fingerprint density at radius 2 is 1.95 bits per heavy atom. The summed E-state index contributed by atoms with van der Waals surface area (Å²) in [7, 11) is 8.66. The molecule has 21 heavy (non-hydrogen) atoms. The highest BCUT2D eigenvalue weighted by Crippen LogP contribution is 2.24. The molecule has 1 aliphatic rings. The molecule has 0 radical (unpaired) electrons. The SMILES string of the molecule is C[C@H](NC[C@H]1CN(C)CCN1C)c1ccccc1N(C)C. The molecule has 0 amide bonds. The molecule has 0 unspecified atom stereocenters. The van der Waals surface area contributed by atoms with Crippen LogP contribution in [0.25, 0.3) is 0 Å². The highest BCUT2D eigenvalue weighted by Gasteiger charge is 2.22. The van der Waals surface area contributed by atoms with Crippen molar-refractivity contribution in [1.29, 1.82) is 0 Å². The van der Waals surface area contributed by atoms with Gasteiger partial charge in [0.05, 0.1) is 0 Å². The van der Waals surface area contributed by atoms with E-state index in [0.717, 1.165) is 19.6 Å². The maximum Gasteiger partial charge on any atom is 0.0409 e. The first-order valence-electron chi connectivity index (χ1n) is 7.87. The lowest BCUT2D eigenvalue weighted by Gasteiger charge is -2.38. The average Bonchev–Trinajstić information content (AvgIpc) is 2.47. The van der Waals surface area contributed by atoms with Crippen molar-refractivity contribution in [3.05, 3.63) is 29.8 Å². The average molecular weight is 290 g/mol. The summed E-state index contributed by atoms with van der Waals surface area (Å²) in [6.45, 7) is 6.77. The Morgan fingerprint density at radius 3 is 2.67 bits per heavy atom. The Balaban J connectivity index is 1.97. The first kappa shape index (κ1) is 16.3. The lowest BCUT2D eigenvalue weighted by atomic mass is 10.0.